The minimum atomic E-state index is -0.663. The molecule has 2 N–H and O–H groups in total. The van der Waals surface area contributed by atoms with Crippen LogP contribution in [0.2, 0.25) is 5.02 Å². The summed E-state index contributed by atoms with van der Waals surface area (Å²) in [5, 5.41) is 3.27. The van der Waals surface area contributed by atoms with Crippen molar-refractivity contribution in [3.63, 3.8) is 0 Å². The predicted octanol–water partition coefficient (Wildman–Crippen LogP) is 4.19. The van der Waals surface area contributed by atoms with Gasteiger partial charge in [0.05, 0.1) is 6.54 Å². The van der Waals surface area contributed by atoms with E-state index < -0.39 is 17.2 Å². The molecule has 4 rings (SSSR count). The number of hydrogen-bond acceptors (Lipinski definition) is 3. The molecular weight excluding hydrogens is 450 g/mol. The molecule has 0 atom stereocenters. The Kier molecular flexibility index (Phi) is 7.40. The van der Waals surface area contributed by atoms with E-state index in [1.807, 2.05) is 36.4 Å². The summed E-state index contributed by atoms with van der Waals surface area (Å²) < 4.78 is 0.979. The number of hydrogen-bond donors (Lipinski definition) is 2. The third kappa shape index (κ3) is 5.35. The second kappa shape index (κ2) is 10.8. The molecule has 0 radical (unpaired) electrons. The molecule has 34 heavy (non-hydrogen) atoms. The maximum Gasteiger partial charge on any atom is 0.328 e. The first kappa shape index (κ1) is 23.3. The maximum atomic E-state index is 12.9. The van der Waals surface area contributed by atoms with Crippen molar-refractivity contribution >= 4 is 17.5 Å². The fraction of sp³-hybridized carbons (Fsp3) is 0.148. The smallest absolute Gasteiger partial charge is 0.328 e. The van der Waals surface area contributed by atoms with E-state index in [0.29, 0.717) is 23.6 Å². The summed E-state index contributed by atoms with van der Waals surface area (Å²) in [7, 11) is 0. The lowest BCUT2D eigenvalue weighted by molar-refractivity contribution is 0.0950. The van der Waals surface area contributed by atoms with Crippen molar-refractivity contribution in [3.8, 4) is 0 Å². The zero-order chi connectivity index (χ0) is 23.9. The van der Waals surface area contributed by atoms with Crippen molar-refractivity contribution in [1.29, 1.82) is 0 Å². The summed E-state index contributed by atoms with van der Waals surface area (Å²) in [6, 6.07) is 27.1. The van der Waals surface area contributed by atoms with Gasteiger partial charge in [0, 0.05) is 23.7 Å². The second-order valence-electron chi connectivity index (χ2n) is 7.91. The number of carbonyl (C=O) groups excluding carboxylic acids is 1. The van der Waals surface area contributed by atoms with E-state index in [9.17, 15) is 14.4 Å². The van der Waals surface area contributed by atoms with Crippen LogP contribution in [0.1, 0.15) is 39.4 Å². The highest BCUT2D eigenvalue weighted by atomic mass is 35.5. The maximum absolute atomic E-state index is 12.9. The molecule has 0 aliphatic carbocycles. The number of nitrogens with zero attached hydrogens (tertiary/aromatic N) is 1. The molecule has 4 aromatic rings. The highest BCUT2D eigenvalue weighted by molar-refractivity contribution is 6.31. The van der Waals surface area contributed by atoms with Crippen molar-refractivity contribution < 1.29 is 4.79 Å². The van der Waals surface area contributed by atoms with E-state index in [-0.39, 0.29) is 18.0 Å². The summed E-state index contributed by atoms with van der Waals surface area (Å²) in [5.74, 6) is -0.441. The van der Waals surface area contributed by atoms with E-state index in [2.05, 4.69) is 34.6 Å². The highest BCUT2D eigenvalue weighted by Gasteiger charge is 2.18. The van der Waals surface area contributed by atoms with Gasteiger partial charge >= 0.3 is 5.69 Å². The van der Waals surface area contributed by atoms with Crippen molar-refractivity contribution in [2.75, 3.05) is 6.54 Å². The third-order valence-electron chi connectivity index (χ3n) is 5.71. The Labute approximate surface area is 201 Å². The van der Waals surface area contributed by atoms with Gasteiger partial charge in [-0.1, -0.05) is 90.5 Å². The van der Waals surface area contributed by atoms with Crippen LogP contribution in [0.3, 0.4) is 0 Å². The Morgan fingerprint density at radius 2 is 1.47 bits per heavy atom. The number of H-pyrrole nitrogens is 1. The monoisotopic (exact) mass is 473 g/mol. The molecule has 0 bridgehead atoms. The van der Waals surface area contributed by atoms with Crippen LogP contribution in [-0.2, 0) is 6.54 Å². The summed E-state index contributed by atoms with van der Waals surface area (Å²) in [4.78, 5) is 40.5. The van der Waals surface area contributed by atoms with Crippen LogP contribution in [0.15, 0.2) is 101 Å². The van der Waals surface area contributed by atoms with E-state index in [0.717, 1.165) is 21.9 Å². The van der Waals surface area contributed by atoms with Gasteiger partial charge in [0.15, 0.2) is 0 Å². The number of nitrogens with one attached hydrogen (secondary N) is 2. The molecule has 3 aromatic carbocycles. The van der Waals surface area contributed by atoms with Gasteiger partial charge in [-0.3, -0.25) is 14.2 Å². The number of rotatable bonds is 8. The van der Waals surface area contributed by atoms with Crippen LogP contribution < -0.4 is 16.6 Å². The van der Waals surface area contributed by atoms with Crippen molar-refractivity contribution in [2.24, 2.45) is 0 Å². The molecule has 0 aliphatic rings. The lowest BCUT2D eigenvalue weighted by Gasteiger charge is -2.18. The minimum Gasteiger partial charge on any atom is -0.352 e. The Hall–Kier alpha value is -3.90. The van der Waals surface area contributed by atoms with Gasteiger partial charge in [-0.2, -0.15) is 0 Å². The molecule has 0 fully saturated rings. The first-order valence-electron chi connectivity index (χ1n) is 11.0. The third-order valence-corrected chi connectivity index (χ3v) is 6.08. The SMILES string of the molecule is O=C(NCCC(c1ccccc1)c1ccccc1)c1c[nH]c(=O)n(Cc2ccccc2Cl)c1=O. The number of aromatic amines is 1. The van der Waals surface area contributed by atoms with Crippen molar-refractivity contribution in [3.05, 3.63) is 139 Å². The van der Waals surface area contributed by atoms with E-state index >= 15 is 0 Å². The largest absolute Gasteiger partial charge is 0.352 e. The van der Waals surface area contributed by atoms with Gasteiger partial charge in [-0.25, -0.2) is 4.79 Å². The Morgan fingerprint density at radius 3 is 2.09 bits per heavy atom. The molecule has 0 saturated carbocycles. The number of amides is 1. The van der Waals surface area contributed by atoms with Crippen LogP contribution >= 0.6 is 11.6 Å². The van der Waals surface area contributed by atoms with Gasteiger partial charge < -0.3 is 10.3 Å². The number of carbonyl (C=O) groups is 1. The van der Waals surface area contributed by atoms with Gasteiger partial charge in [0.25, 0.3) is 11.5 Å². The average Bonchev–Trinajstić information content (AvgIpc) is 2.86. The molecule has 172 valence electrons. The molecule has 0 saturated heterocycles. The van der Waals surface area contributed by atoms with Crippen LogP contribution in [-0.4, -0.2) is 22.0 Å². The minimum absolute atomic E-state index is 0.0287. The van der Waals surface area contributed by atoms with Crippen LogP contribution in [0.25, 0.3) is 0 Å². The number of aromatic nitrogens is 2. The van der Waals surface area contributed by atoms with Crippen molar-refractivity contribution in [1.82, 2.24) is 14.9 Å². The Morgan fingerprint density at radius 1 is 0.882 bits per heavy atom. The summed E-state index contributed by atoms with van der Waals surface area (Å²) >= 11 is 6.17. The molecular formula is C27H24ClN3O3. The summed E-state index contributed by atoms with van der Waals surface area (Å²) in [6.07, 6.45) is 1.81. The lowest BCUT2D eigenvalue weighted by atomic mass is 9.88. The van der Waals surface area contributed by atoms with Gasteiger partial charge in [0.2, 0.25) is 0 Å². The topological polar surface area (TPSA) is 84.0 Å². The molecule has 0 aliphatic heterocycles. The van der Waals surface area contributed by atoms with E-state index in [1.54, 1.807) is 24.3 Å². The molecule has 7 heteroatoms. The van der Waals surface area contributed by atoms with Crippen LogP contribution in [0, 0.1) is 0 Å². The number of halogens is 1. The van der Waals surface area contributed by atoms with Crippen LogP contribution in [0.5, 0.6) is 0 Å². The van der Waals surface area contributed by atoms with Gasteiger partial charge in [0.1, 0.15) is 5.56 Å². The Balaban J connectivity index is 1.50. The van der Waals surface area contributed by atoms with Gasteiger partial charge in [-0.15, -0.1) is 0 Å². The summed E-state index contributed by atoms with van der Waals surface area (Å²) in [6.45, 7) is 0.329. The standard InChI is InChI=1S/C27H24ClN3O3/c28-24-14-8-7-13-21(24)18-31-26(33)23(17-30-27(31)34)25(32)29-16-15-22(19-9-3-1-4-10-19)20-11-5-2-6-12-20/h1-14,17,22H,15-16,18H2,(H,29,32)(H,30,34). The normalized spacial score (nSPS) is 10.9. The summed E-state index contributed by atoms with van der Waals surface area (Å²) in [5.41, 5.74) is 1.52. The van der Waals surface area contributed by atoms with E-state index in [4.69, 9.17) is 11.6 Å². The fourth-order valence-electron chi connectivity index (χ4n) is 3.94. The van der Waals surface area contributed by atoms with E-state index in [1.165, 1.54) is 0 Å². The highest BCUT2D eigenvalue weighted by Crippen LogP contribution is 2.27. The molecule has 0 unspecified atom stereocenters. The average molecular weight is 474 g/mol. The van der Waals surface area contributed by atoms with Crippen molar-refractivity contribution in [2.45, 2.75) is 18.9 Å². The zero-order valence-corrected chi connectivity index (χ0v) is 19.2. The quantitative estimate of drug-likeness (QED) is 0.402. The molecule has 1 amide bonds. The first-order chi connectivity index (χ1) is 16.5. The molecule has 1 aromatic heterocycles. The predicted molar refractivity (Wildman–Crippen MR) is 134 cm³/mol. The fourth-order valence-corrected chi connectivity index (χ4v) is 4.13. The molecule has 1 heterocycles. The number of benzene rings is 3. The van der Waals surface area contributed by atoms with Crippen LogP contribution in [0.4, 0.5) is 0 Å². The molecule has 0 spiro atoms. The second-order valence-corrected chi connectivity index (χ2v) is 8.32. The van der Waals surface area contributed by atoms with Gasteiger partial charge in [-0.05, 0) is 29.2 Å². The molecule has 6 nitrogen and oxygen atoms in total. The lowest BCUT2D eigenvalue weighted by Crippen LogP contribution is -2.41. The first-order valence-corrected chi connectivity index (χ1v) is 11.4. The zero-order valence-electron chi connectivity index (χ0n) is 18.4. The Bertz CT molecular complexity index is 1340.